The smallest absolute Gasteiger partial charge is 0.410 e. The van der Waals surface area contributed by atoms with Gasteiger partial charge in [-0.2, -0.15) is 0 Å². The van der Waals surface area contributed by atoms with E-state index < -0.39 is 5.60 Å². The summed E-state index contributed by atoms with van der Waals surface area (Å²) in [6.45, 7) is 10.3. The second kappa shape index (κ2) is 8.57. The molecular weight excluding hydrogens is 438 g/mol. The number of halogens is 1. The maximum atomic E-state index is 12.3. The Morgan fingerprint density at radius 2 is 1.86 bits per heavy atom. The monoisotopic (exact) mass is 463 g/mol. The molecule has 1 saturated heterocycles. The highest BCUT2D eigenvalue weighted by Gasteiger charge is 2.27. The molecule has 0 atom stereocenters. The first kappa shape index (κ1) is 21.4. The Labute approximate surface area is 179 Å². The van der Waals surface area contributed by atoms with Crippen molar-refractivity contribution in [2.45, 2.75) is 33.3 Å². The van der Waals surface area contributed by atoms with Crippen molar-refractivity contribution in [2.75, 3.05) is 37.7 Å². The van der Waals surface area contributed by atoms with Gasteiger partial charge < -0.3 is 19.3 Å². The van der Waals surface area contributed by atoms with Gasteiger partial charge in [0.15, 0.2) is 0 Å². The van der Waals surface area contributed by atoms with Crippen LogP contribution >= 0.6 is 15.9 Å². The van der Waals surface area contributed by atoms with Crippen LogP contribution in [0.25, 0.3) is 10.9 Å². The van der Waals surface area contributed by atoms with Gasteiger partial charge in [0.25, 0.3) is 0 Å². The molecule has 1 aromatic carbocycles. The fourth-order valence-electron chi connectivity index (χ4n) is 3.18. The molecule has 1 aliphatic rings. The highest BCUT2D eigenvalue weighted by molar-refractivity contribution is 9.10. The molecule has 1 aromatic heterocycles. The lowest BCUT2D eigenvalue weighted by Crippen LogP contribution is -2.50. The number of carbonyl (C=O) groups is 2. The van der Waals surface area contributed by atoms with Crippen LogP contribution in [0.5, 0.6) is 0 Å². The van der Waals surface area contributed by atoms with E-state index in [2.05, 4.69) is 25.8 Å². The number of piperazine rings is 1. The SMILES string of the molecule is CCOC(=O)c1cnc2c(Br)c(N3CCN(C(=O)OC(C)(C)C)CC3)ccc2c1. The molecule has 0 bridgehead atoms. The van der Waals surface area contributed by atoms with E-state index in [1.54, 1.807) is 17.9 Å². The second-order valence-corrected chi connectivity index (χ2v) is 8.66. The number of fused-ring (bicyclic) bond motifs is 1. The van der Waals surface area contributed by atoms with Crippen molar-refractivity contribution < 1.29 is 19.1 Å². The highest BCUT2D eigenvalue weighted by Crippen LogP contribution is 2.33. The molecular formula is C21H26BrN3O4. The van der Waals surface area contributed by atoms with Crippen molar-refractivity contribution in [2.24, 2.45) is 0 Å². The number of amides is 1. The fraction of sp³-hybridized carbons (Fsp3) is 0.476. The number of aromatic nitrogens is 1. The van der Waals surface area contributed by atoms with E-state index in [4.69, 9.17) is 9.47 Å². The Morgan fingerprint density at radius 1 is 1.17 bits per heavy atom. The molecule has 29 heavy (non-hydrogen) atoms. The van der Waals surface area contributed by atoms with Gasteiger partial charge in [-0.3, -0.25) is 4.98 Å². The summed E-state index contributed by atoms with van der Waals surface area (Å²) in [5.41, 5.74) is 1.73. The zero-order valence-corrected chi connectivity index (χ0v) is 18.8. The Morgan fingerprint density at radius 3 is 2.48 bits per heavy atom. The molecule has 0 saturated carbocycles. The third-order valence-electron chi connectivity index (χ3n) is 4.55. The first-order chi connectivity index (χ1) is 13.7. The average Bonchev–Trinajstić information content (AvgIpc) is 2.67. The van der Waals surface area contributed by atoms with Crippen LogP contribution in [0.1, 0.15) is 38.1 Å². The number of hydrogen-bond donors (Lipinski definition) is 0. The maximum Gasteiger partial charge on any atom is 0.410 e. The summed E-state index contributed by atoms with van der Waals surface area (Å²) >= 11 is 3.67. The van der Waals surface area contributed by atoms with Crippen molar-refractivity contribution >= 4 is 44.6 Å². The van der Waals surface area contributed by atoms with Crippen molar-refractivity contribution in [1.29, 1.82) is 0 Å². The summed E-state index contributed by atoms with van der Waals surface area (Å²) in [6.07, 6.45) is 1.26. The van der Waals surface area contributed by atoms with Gasteiger partial charge in [0.2, 0.25) is 0 Å². The molecule has 1 amide bonds. The van der Waals surface area contributed by atoms with Gasteiger partial charge >= 0.3 is 12.1 Å². The topological polar surface area (TPSA) is 72.0 Å². The van der Waals surface area contributed by atoms with E-state index in [1.165, 1.54) is 6.20 Å². The average molecular weight is 464 g/mol. The zero-order valence-electron chi connectivity index (χ0n) is 17.2. The van der Waals surface area contributed by atoms with Crippen LogP contribution in [0.2, 0.25) is 0 Å². The number of esters is 1. The molecule has 7 nitrogen and oxygen atoms in total. The molecule has 3 rings (SSSR count). The van der Waals surface area contributed by atoms with Gasteiger partial charge in [0, 0.05) is 37.8 Å². The van der Waals surface area contributed by atoms with Crippen molar-refractivity contribution in [3.8, 4) is 0 Å². The van der Waals surface area contributed by atoms with Gasteiger partial charge in [0.05, 0.1) is 27.8 Å². The molecule has 1 aliphatic heterocycles. The molecule has 0 spiro atoms. The summed E-state index contributed by atoms with van der Waals surface area (Å²) in [7, 11) is 0. The van der Waals surface area contributed by atoms with Crippen molar-refractivity contribution in [3.05, 3.63) is 34.4 Å². The Bertz CT molecular complexity index is 918. The highest BCUT2D eigenvalue weighted by atomic mass is 79.9. The number of rotatable bonds is 3. The molecule has 8 heteroatoms. The molecule has 0 radical (unpaired) electrons. The molecule has 2 aromatic rings. The number of benzene rings is 1. The third-order valence-corrected chi connectivity index (χ3v) is 5.34. The number of ether oxygens (including phenoxy) is 2. The first-order valence-corrected chi connectivity index (χ1v) is 10.5. The van der Waals surface area contributed by atoms with Crippen LogP contribution in [0.15, 0.2) is 28.9 Å². The van der Waals surface area contributed by atoms with Crippen LogP contribution in [0, 0.1) is 0 Å². The van der Waals surface area contributed by atoms with Crippen LogP contribution in [-0.4, -0.2) is 60.3 Å². The van der Waals surface area contributed by atoms with Crippen LogP contribution in [0.3, 0.4) is 0 Å². The zero-order chi connectivity index (χ0) is 21.2. The lowest BCUT2D eigenvalue weighted by Gasteiger charge is -2.37. The number of anilines is 1. The predicted octanol–water partition coefficient (Wildman–Crippen LogP) is 4.23. The molecule has 0 unspecified atom stereocenters. The second-order valence-electron chi connectivity index (χ2n) is 7.87. The van der Waals surface area contributed by atoms with E-state index in [0.29, 0.717) is 38.3 Å². The molecule has 0 N–H and O–H groups in total. The van der Waals surface area contributed by atoms with Crippen molar-refractivity contribution in [1.82, 2.24) is 9.88 Å². The summed E-state index contributed by atoms with van der Waals surface area (Å²) in [6, 6.07) is 5.74. The van der Waals surface area contributed by atoms with Gasteiger partial charge in [-0.1, -0.05) is 6.07 Å². The van der Waals surface area contributed by atoms with E-state index in [9.17, 15) is 9.59 Å². The van der Waals surface area contributed by atoms with E-state index in [-0.39, 0.29) is 12.1 Å². The number of hydrogen-bond acceptors (Lipinski definition) is 6. The lowest BCUT2D eigenvalue weighted by molar-refractivity contribution is 0.0240. The Balaban J connectivity index is 1.74. The molecule has 0 aliphatic carbocycles. The van der Waals surface area contributed by atoms with E-state index >= 15 is 0 Å². The summed E-state index contributed by atoms with van der Waals surface area (Å²) in [4.78, 5) is 32.6. The minimum Gasteiger partial charge on any atom is -0.462 e. The number of pyridine rings is 1. The molecule has 2 heterocycles. The van der Waals surface area contributed by atoms with Crippen molar-refractivity contribution in [3.63, 3.8) is 0 Å². The summed E-state index contributed by atoms with van der Waals surface area (Å²) < 4.78 is 11.4. The van der Waals surface area contributed by atoms with Gasteiger partial charge in [-0.15, -0.1) is 0 Å². The fourth-order valence-corrected chi connectivity index (χ4v) is 3.90. The van der Waals surface area contributed by atoms with E-state index in [0.717, 1.165) is 21.1 Å². The molecule has 1 fully saturated rings. The number of nitrogens with zero attached hydrogens (tertiary/aromatic N) is 3. The largest absolute Gasteiger partial charge is 0.462 e. The first-order valence-electron chi connectivity index (χ1n) is 9.68. The van der Waals surface area contributed by atoms with Gasteiger partial charge in [0.1, 0.15) is 5.60 Å². The quantitative estimate of drug-likeness (QED) is 0.634. The Kier molecular flexibility index (Phi) is 6.31. The van der Waals surface area contributed by atoms with Crippen LogP contribution in [-0.2, 0) is 9.47 Å². The van der Waals surface area contributed by atoms with Gasteiger partial charge in [-0.05, 0) is 55.8 Å². The number of carbonyl (C=O) groups excluding carboxylic acids is 2. The predicted molar refractivity (Wildman–Crippen MR) is 115 cm³/mol. The minimum absolute atomic E-state index is 0.275. The summed E-state index contributed by atoms with van der Waals surface area (Å²) in [5.74, 6) is -0.375. The van der Waals surface area contributed by atoms with Crippen LogP contribution in [0.4, 0.5) is 10.5 Å². The third kappa shape index (κ3) is 4.98. The van der Waals surface area contributed by atoms with Crippen LogP contribution < -0.4 is 4.90 Å². The normalized spacial score (nSPS) is 14.8. The summed E-state index contributed by atoms with van der Waals surface area (Å²) in [5, 5.41) is 0.860. The maximum absolute atomic E-state index is 12.3. The van der Waals surface area contributed by atoms with Gasteiger partial charge in [-0.25, -0.2) is 9.59 Å². The minimum atomic E-state index is -0.496. The van der Waals surface area contributed by atoms with E-state index in [1.807, 2.05) is 32.9 Å². The Hall–Kier alpha value is -2.35. The lowest BCUT2D eigenvalue weighted by atomic mass is 10.1. The standard InChI is InChI=1S/C21H26BrN3O4/c1-5-28-19(26)15-12-14-6-7-16(17(22)18(14)23-13-15)24-8-10-25(11-9-24)20(27)29-21(2,3)4/h6-7,12-13H,5,8-11H2,1-4H3. The molecule has 156 valence electrons.